The van der Waals surface area contributed by atoms with E-state index in [1.54, 1.807) is 0 Å². The molecule has 1 heterocycles. The fraction of sp³-hybridized carbons (Fsp3) is 0.632. The molecule has 1 aliphatic rings. The predicted octanol–water partition coefficient (Wildman–Crippen LogP) is 3.97. The summed E-state index contributed by atoms with van der Waals surface area (Å²) in [4.78, 5) is 7.22. The quantitative estimate of drug-likeness (QED) is 0.258. The number of aliphatic imine (C=N–C) groups is 1. The Labute approximate surface area is 174 Å². The Bertz CT molecular complexity index is 484. The van der Waals surface area contributed by atoms with E-state index in [2.05, 4.69) is 59.0 Å². The van der Waals surface area contributed by atoms with E-state index in [9.17, 15) is 0 Å². The molecule has 2 N–H and O–H groups in total. The summed E-state index contributed by atoms with van der Waals surface area (Å²) in [5.41, 5.74) is 1.32. The van der Waals surface area contributed by atoms with Crippen LogP contribution in [0.3, 0.4) is 0 Å². The number of benzene rings is 1. The molecule has 1 aromatic rings. The van der Waals surface area contributed by atoms with Gasteiger partial charge in [0.1, 0.15) is 0 Å². The Balaban J connectivity index is 0.00000312. The Morgan fingerprint density at radius 1 is 1.28 bits per heavy atom. The van der Waals surface area contributed by atoms with Crippen molar-refractivity contribution >= 4 is 47.4 Å². The van der Waals surface area contributed by atoms with Crippen molar-refractivity contribution in [2.75, 3.05) is 43.1 Å². The number of rotatable bonds is 8. The summed E-state index contributed by atoms with van der Waals surface area (Å²) >= 11 is 1.91. The van der Waals surface area contributed by atoms with E-state index in [0.717, 1.165) is 38.6 Å². The molecule has 1 aromatic carbocycles. The van der Waals surface area contributed by atoms with Crippen LogP contribution in [0.25, 0.3) is 0 Å². The highest BCUT2D eigenvalue weighted by Gasteiger charge is 2.20. The van der Waals surface area contributed by atoms with Crippen molar-refractivity contribution in [3.05, 3.63) is 30.3 Å². The largest absolute Gasteiger partial charge is 0.369 e. The molecule has 0 aromatic heterocycles. The van der Waals surface area contributed by atoms with Gasteiger partial charge in [-0.2, -0.15) is 11.8 Å². The maximum absolute atomic E-state index is 4.74. The minimum absolute atomic E-state index is 0. The number of piperidine rings is 1. The average molecular weight is 476 g/mol. The molecular weight excluding hydrogens is 443 g/mol. The molecule has 0 radical (unpaired) electrons. The third kappa shape index (κ3) is 8.53. The standard InChI is InChI=1S/C19H32N4S.HI/c1-3-20-19(21-13-7-8-15-24-2)22-17-10-9-14-23(16-17)18-11-5-4-6-12-18;/h4-6,11-12,17H,3,7-10,13-16H2,1-2H3,(H2,20,21,22);1H. The van der Waals surface area contributed by atoms with Gasteiger partial charge < -0.3 is 15.5 Å². The van der Waals surface area contributed by atoms with Crippen molar-refractivity contribution in [3.8, 4) is 0 Å². The molecule has 4 nitrogen and oxygen atoms in total. The van der Waals surface area contributed by atoms with Crippen molar-refractivity contribution in [1.29, 1.82) is 0 Å². The number of hydrogen-bond acceptors (Lipinski definition) is 3. The highest BCUT2D eigenvalue weighted by molar-refractivity contribution is 14.0. The molecule has 2 rings (SSSR count). The van der Waals surface area contributed by atoms with Crippen LogP contribution in [0, 0.1) is 0 Å². The number of unbranched alkanes of at least 4 members (excludes halogenated alkanes) is 1. The first-order valence-corrected chi connectivity index (χ1v) is 10.6. The van der Waals surface area contributed by atoms with Gasteiger partial charge in [0.2, 0.25) is 0 Å². The van der Waals surface area contributed by atoms with Crippen molar-refractivity contribution in [3.63, 3.8) is 0 Å². The molecule has 1 atom stereocenters. The molecule has 142 valence electrons. The number of nitrogens with one attached hydrogen (secondary N) is 2. The van der Waals surface area contributed by atoms with Crippen molar-refractivity contribution in [2.24, 2.45) is 4.99 Å². The molecule has 0 spiro atoms. The van der Waals surface area contributed by atoms with Crippen molar-refractivity contribution in [2.45, 2.75) is 38.6 Å². The van der Waals surface area contributed by atoms with E-state index in [1.165, 1.54) is 30.7 Å². The minimum Gasteiger partial charge on any atom is -0.369 e. The van der Waals surface area contributed by atoms with Gasteiger partial charge in [0.15, 0.2) is 5.96 Å². The van der Waals surface area contributed by atoms with Crippen molar-refractivity contribution in [1.82, 2.24) is 10.6 Å². The zero-order valence-electron chi connectivity index (χ0n) is 15.5. The highest BCUT2D eigenvalue weighted by Crippen LogP contribution is 2.19. The number of para-hydroxylation sites is 1. The van der Waals surface area contributed by atoms with Gasteiger partial charge in [-0.05, 0) is 56.7 Å². The Morgan fingerprint density at radius 3 is 2.80 bits per heavy atom. The number of hydrogen-bond donors (Lipinski definition) is 2. The van der Waals surface area contributed by atoms with Gasteiger partial charge in [-0.15, -0.1) is 24.0 Å². The summed E-state index contributed by atoms with van der Waals surface area (Å²) in [6, 6.07) is 11.2. The molecule has 0 bridgehead atoms. The van der Waals surface area contributed by atoms with E-state index in [0.29, 0.717) is 6.04 Å². The first kappa shape index (κ1) is 22.4. The van der Waals surface area contributed by atoms with Crippen molar-refractivity contribution < 1.29 is 0 Å². The third-order valence-corrected chi connectivity index (χ3v) is 4.95. The molecule has 0 aliphatic carbocycles. The lowest BCUT2D eigenvalue weighted by Crippen LogP contribution is -2.51. The number of anilines is 1. The van der Waals surface area contributed by atoms with E-state index in [4.69, 9.17) is 4.99 Å². The second kappa shape index (κ2) is 13.6. The van der Waals surface area contributed by atoms with Gasteiger partial charge in [0.05, 0.1) is 0 Å². The molecular formula is C19H33IN4S. The van der Waals surface area contributed by atoms with E-state index >= 15 is 0 Å². The predicted molar refractivity (Wildman–Crippen MR) is 124 cm³/mol. The zero-order valence-corrected chi connectivity index (χ0v) is 18.7. The average Bonchev–Trinajstić information content (AvgIpc) is 2.63. The molecule has 1 aliphatic heterocycles. The summed E-state index contributed by atoms with van der Waals surface area (Å²) in [6.45, 7) is 6.13. The molecule has 0 amide bonds. The topological polar surface area (TPSA) is 39.7 Å². The van der Waals surface area contributed by atoms with Crippen LogP contribution in [0.4, 0.5) is 5.69 Å². The summed E-state index contributed by atoms with van der Waals surface area (Å²) in [5, 5.41) is 7.03. The molecule has 6 heteroatoms. The van der Waals surface area contributed by atoms with Crippen LogP contribution in [0.2, 0.25) is 0 Å². The van der Waals surface area contributed by atoms with Crippen LogP contribution in [-0.2, 0) is 0 Å². The summed E-state index contributed by atoms with van der Waals surface area (Å²) in [5.74, 6) is 2.20. The SMILES string of the molecule is CCNC(=NCCCCSC)NC1CCCN(c2ccccc2)C1.I. The number of guanidine groups is 1. The van der Waals surface area contributed by atoms with Gasteiger partial charge in [-0.25, -0.2) is 0 Å². The first-order chi connectivity index (χ1) is 11.8. The Hall–Kier alpha value is -0.630. The van der Waals surface area contributed by atoms with Crippen LogP contribution in [0.15, 0.2) is 35.3 Å². The normalized spacial score (nSPS) is 17.8. The molecule has 1 unspecified atom stereocenters. The van der Waals surface area contributed by atoms with Gasteiger partial charge in [0.25, 0.3) is 0 Å². The Morgan fingerprint density at radius 2 is 2.08 bits per heavy atom. The fourth-order valence-corrected chi connectivity index (χ4v) is 3.52. The third-order valence-electron chi connectivity index (χ3n) is 4.25. The number of thioether (sulfide) groups is 1. The summed E-state index contributed by atoms with van der Waals surface area (Å²) in [6.07, 6.45) is 7.00. The lowest BCUT2D eigenvalue weighted by Gasteiger charge is -2.35. The van der Waals surface area contributed by atoms with Gasteiger partial charge >= 0.3 is 0 Å². The summed E-state index contributed by atoms with van der Waals surface area (Å²) < 4.78 is 0. The smallest absolute Gasteiger partial charge is 0.191 e. The monoisotopic (exact) mass is 476 g/mol. The van der Waals surface area contributed by atoms with E-state index in [1.807, 2.05) is 11.8 Å². The molecule has 0 saturated carbocycles. The van der Waals surface area contributed by atoms with Crippen LogP contribution in [0.5, 0.6) is 0 Å². The Kier molecular flexibility index (Phi) is 12.2. The van der Waals surface area contributed by atoms with Crippen LogP contribution in [0.1, 0.15) is 32.6 Å². The zero-order chi connectivity index (χ0) is 17.0. The van der Waals surface area contributed by atoms with Gasteiger partial charge in [-0.1, -0.05) is 18.2 Å². The first-order valence-electron chi connectivity index (χ1n) is 9.17. The molecule has 1 saturated heterocycles. The van der Waals surface area contributed by atoms with E-state index in [-0.39, 0.29) is 24.0 Å². The van der Waals surface area contributed by atoms with Crippen LogP contribution >= 0.6 is 35.7 Å². The second-order valence-electron chi connectivity index (χ2n) is 6.23. The lowest BCUT2D eigenvalue weighted by molar-refractivity contribution is 0.468. The maximum atomic E-state index is 4.74. The number of nitrogens with zero attached hydrogens (tertiary/aromatic N) is 2. The van der Waals surface area contributed by atoms with E-state index < -0.39 is 0 Å². The van der Waals surface area contributed by atoms with Gasteiger partial charge in [0, 0.05) is 37.9 Å². The number of halogens is 1. The fourth-order valence-electron chi connectivity index (χ4n) is 3.03. The maximum Gasteiger partial charge on any atom is 0.191 e. The van der Waals surface area contributed by atoms with Crippen LogP contribution < -0.4 is 15.5 Å². The van der Waals surface area contributed by atoms with Crippen LogP contribution in [-0.4, -0.2) is 50.2 Å². The van der Waals surface area contributed by atoms with Gasteiger partial charge in [-0.3, -0.25) is 4.99 Å². The minimum atomic E-state index is 0. The highest BCUT2D eigenvalue weighted by atomic mass is 127. The molecule has 25 heavy (non-hydrogen) atoms. The molecule has 1 fully saturated rings. The second-order valence-corrected chi connectivity index (χ2v) is 7.21. The summed E-state index contributed by atoms with van der Waals surface area (Å²) in [7, 11) is 0. The lowest BCUT2D eigenvalue weighted by atomic mass is 10.1.